The van der Waals surface area contributed by atoms with Crippen molar-refractivity contribution >= 4 is 21.9 Å². The summed E-state index contributed by atoms with van der Waals surface area (Å²) in [4.78, 5) is 24.2. The second kappa shape index (κ2) is 10.5. The van der Waals surface area contributed by atoms with Crippen molar-refractivity contribution in [3.05, 3.63) is 87.2 Å². The van der Waals surface area contributed by atoms with Gasteiger partial charge in [0.05, 0.1) is 0 Å². The summed E-state index contributed by atoms with van der Waals surface area (Å²) in [6, 6.07) is 13.0. The Kier molecular flexibility index (Phi) is 6.83. The first kappa shape index (κ1) is 28.0. The summed E-state index contributed by atoms with van der Waals surface area (Å²) in [6.07, 6.45) is 0. The molecule has 6 rings (SSSR count). The van der Waals surface area contributed by atoms with E-state index in [2.05, 4.69) is 0 Å². The van der Waals surface area contributed by atoms with Gasteiger partial charge in [0.2, 0.25) is 11.2 Å². The lowest BCUT2D eigenvalue weighted by atomic mass is 10.1. The number of hydrogen-bond donors (Lipinski definition) is 9. The standard InChI is InChI=1S/C15H10O7.C15H10O6/c16-7-4-10(19)12-11(5-7)22-15(14(21)13(12)20)6-1-2-8(17)9(18)3-6;16-8-4-11(19)15-12(20)6-13(21-14(15)5-8)7-1-2-9(17)10(18)3-7/h1-5,16-19,21H;1-6,16-19H. The maximum atomic E-state index is 12.1. The number of phenolic OH excluding ortho intramolecular Hbond substituents is 8. The Labute approximate surface area is 238 Å². The molecule has 0 saturated heterocycles. The van der Waals surface area contributed by atoms with Gasteiger partial charge in [-0.05, 0) is 36.4 Å². The van der Waals surface area contributed by atoms with E-state index in [1.165, 1.54) is 30.3 Å². The fourth-order valence-electron chi connectivity index (χ4n) is 4.21. The highest BCUT2D eigenvalue weighted by Crippen LogP contribution is 2.38. The third-order valence-corrected chi connectivity index (χ3v) is 6.23. The van der Waals surface area contributed by atoms with Crippen molar-refractivity contribution in [2.24, 2.45) is 0 Å². The molecule has 0 bridgehead atoms. The molecule has 2 heterocycles. The quantitative estimate of drug-likeness (QED) is 0.128. The van der Waals surface area contributed by atoms with Gasteiger partial charge in [-0.1, -0.05) is 0 Å². The fourth-order valence-corrected chi connectivity index (χ4v) is 4.21. The van der Waals surface area contributed by atoms with Crippen LogP contribution in [-0.2, 0) is 0 Å². The van der Waals surface area contributed by atoms with Crippen molar-refractivity contribution in [3.63, 3.8) is 0 Å². The van der Waals surface area contributed by atoms with Crippen molar-refractivity contribution in [1.29, 1.82) is 0 Å². The predicted octanol–water partition coefficient (Wildman–Crippen LogP) is 4.27. The van der Waals surface area contributed by atoms with Gasteiger partial charge in [-0.2, -0.15) is 0 Å². The molecule has 0 saturated carbocycles. The summed E-state index contributed by atoms with van der Waals surface area (Å²) >= 11 is 0. The Bertz CT molecular complexity index is 2180. The van der Waals surface area contributed by atoms with Gasteiger partial charge in [-0.3, -0.25) is 9.59 Å². The first-order valence-electron chi connectivity index (χ1n) is 12.1. The van der Waals surface area contributed by atoms with E-state index in [1.54, 1.807) is 0 Å². The number of benzene rings is 4. The minimum Gasteiger partial charge on any atom is -0.508 e. The molecule has 0 aliphatic carbocycles. The summed E-state index contributed by atoms with van der Waals surface area (Å²) in [6.45, 7) is 0. The topological polar surface area (TPSA) is 242 Å². The number of hydrogen-bond acceptors (Lipinski definition) is 13. The van der Waals surface area contributed by atoms with Crippen LogP contribution in [0.4, 0.5) is 0 Å². The van der Waals surface area contributed by atoms with Gasteiger partial charge in [0.15, 0.2) is 34.2 Å². The van der Waals surface area contributed by atoms with Crippen molar-refractivity contribution in [2.45, 2.75) is 0 Å². The van der Waals surface area contributed by atoms with Gasteiger partial charge in [0.25, 0.3) is 0 Å². The Morgan fingerprint density at radius 2 is 0.977 bits per heavy atom. The van der Waals surface area contributed by atoms with Crippen LogP contribution < -0.4 is 10.9 Å². The Hall–Kier alpha value is -6.50. The molecule has 0 amide bonds. The smallest absolute Gasteiger partial charge is 0.238 e. The summed E-state index contributed by atoms with van der Waals surface area (Å²) in [5, 5.41) is 85.5. The highest BCUT2D eigenvalue weighted by atomic mass is 16.4. The van der Waals surface area contributed by atoms with Crippen LogP contribution in [0.1, 0.15) is 0 Å². The van der Waals surface area contributed by atoms with Crippen LogP contribution in [0, 0.1) is 0 Å². The first-order chi connectivity index (χ1) is 20.3. The average Bonchev–Trinajstić information content (AvgIpc) is 2.93. The molecule has 6 aromatic rings. The highest BCUT2D eigenvalue weighted by molar-refractivity contribution is 5.88. The highest BCUT2D eigenvalue weighted by Gasteiger charge is 2.19. The summed E-state index contributed by atoms with van der Waals surface area (Å²) in [5.41, 5.74) is -0.996. The second-order valence-corrected chi connectivity index (χ2v) is 9.17. The van der Waals surface area contributed by atoms with Crippen LogP contribution in [0.15, 0.2) is 85.2 Å². The minimum atomic E-state index is -0.888. The van der Waals surface area contributed by atoms with Crippen molar-refractivity contribution < 1.29 is 54.8 Å². The van der Waals surface area contributed by atoms with E-state index in [-0.39, 0.29) is 73.5 Å². The molecule has 43 heavy (non-hydrogen) atoms. The van der Waals surface area contributed by atoms with Crippen LogP contribution in [-0.4, -0.2) is 46.0 Å². The third kappa shape index (κ3) is 5.20. The van der Waals surface area contributed by atoms with Crippen molar-refractivity contribution in [1.82, 2.24) is 0 Å². The van der Waals surface area contributed by atoms with E-state index in [4.69, 9.17) is 8.83 Å². The van der Waals surface area contributed by atoms with Gasteiger partial charge in [-0.15, -0.1) is 0 Å². The summed E-state index contributed by atoms with van der Waals surface area (Å²) < 4.78 is 10.8. The zero-order valence-electron chi connectivity index (χ0n) is 21.5. The van der Waals surface area contributed by atoms with Gasteiger partial charge < -0.3 is 54.8 Å². The van der Waals surface area contributed by atoms with E-state index >= 15 is 0 Å². The zero-order chi connectivity index (χ0) is 31.2. The molecule has 0 unspecified atom stereocenters. The van der Waals surface area contributed by atoms with Gasteiger partial charge in [0.1, 0.15) is 50.7 Å². The van der Waals surface area contributed by atoms with E-state index in [9.17, 15) is 55.5 Å². The van der Waals surface area contributed by atoms with Gasteiger partial charge in [-0.25, -0.2) is 0 Å². The number of aromatic hydroxyl groups is 9. The molecule has 0 spiro atoms. The van der Waals surface area contributed by atoms with E-state index < -0.39 is 28.1 Å². The maximum Gasteiger partial charge on any atom is 0.238 e. The monoisotopic (exact) mass is 588 g/mol. The van der Waals surface area contributed by atoms with E-state index in [1.807, 2.05) is 0 Å². The second-order valence-electron chi connectivity index (χ2n) is 9.17. The van der Waals surface area contributed by atoms with E-state index in [0.717, 1.165) is 36.4 Å². The lowest BCUT2D eigenvalue weighted by Gasteiger charge is -2.08. The molecule has 13 heteroatoms. The largest absolute Gasteiger partial charge is 0.508 e. The Balaban J connectivity index is 0.000000171. The molecule has 2 aromatic heterocycles. The summed E-state index contributed by atoms with van der Waals surface area (Å²) in [7, 11) is 0. The Morgan fingerprint density at radius 1 is 0.465 bits per heavy atom. The average molecular weight is 588 g/mol. The molecule has 0 aliphatic heterocycles. The molecule has 13 nitrogen and oxygen atoms in total. The van der Waals surface area contributed by atoms with Gasteiger partial charge in [0, 0.05) is 41.5 Å². The Morgan fingerprint density at radius 3 is 1.56 bits per heavy atom. The lowest BCUT2D eigenvalue weighted by molar-refractivity contribution is 0.403. The van der Waals surface area contributed by atoms with Crippen LogP contribution in [0.25, 0.3) is 44.6 Å². The van der Waals surface area contributed by atoms with Crippen molar-refractivity contribution in [2.75, 3.05) is 0 Å². The number of phenols is 8. The molecule has 218 valence electrons. The third-order valence-electron chi connectivity index (χ3n) is 6.23. The van der Waals surface area contributed by atoms with E-state index in [0.29, 0.717) is 5.56 Å². The van der Waals surface area contributed by atoms with Crippen LogP contribution >= 0.6 is 0 Å². The zero-order valence-corrected chi connectivity index (χ0v) is 21.5. The molecule has 0 atom stereocenters. The van der Waals surface area contributed by atoms with Crippen LogP contribution in [0.5, 0.6) is 51.7 Å². The molecular formula is C30H20O13. The molecule has 9 N–H and O–H groups in total. The molecule has 0 radical (unpaired) electrons. The summed E-state index contributed by atoms with van der Waals surface area (Å²) in [5.74, 6) is -3.85. The van der Waals surface area contributed by atoms with Crippen molar-refractivity contribution in [3.8, 4) is 74.4 Å². The molecular weight excluding hydrogens is 568 g/mol. The SMILES string of the molecule is O=c1c(O)c(-c2ccc(O)c(O)c2)oc2cc(O)cc(O)c12.O=c1cc(-c2ccc(O)c(O)c2)oc2cc(O)cc(O)c12. The van der Waals surface area contributed by atoms with Crippen LogP contribution in [0.3, 0.4) is 0 Å². The minimum absolute atomic E-state index is 0.0163. The molecule has 4 aromatic carbocycles. The maximum absolute atomic E-state index is 12.1. The molecule has 0 fully saturated rings. The number of rotatable bonds is 2. The molecule has 0 aliphatic rings. The first-order valence-corrected chi connectivity index (χ1v) is 12.1. The van der Waals surface area contributed by atoms with Gasteiger partial charge >= 0.3 is 0 Å². The normalized spacial score (nSPS) is 10.9. The predicted molar refractivity (Wildman–Crippen MR) is 151 cm³/mol. The fraction of sp³-hybridized carbons (Fsp3) is 0. The number of fused-ring (bicyclic) bond motifs is 2. The lowest BCUT2D eigenvalue weighted by Crippen LogP contribution is -2.02. The van der Waals surface area contributed by atoms with Crippen LogP contribution in [0.2, 0.25) is 0 Å².